The maximum atomic E-state index is 11.8. The average molecular weight is 454 g/mol. The lowest BCUT2D eigenvalue weighted by molar-refractivity contribution is -0.254. The topological polar surface area (TPSA) is 144 Å². The predicted molar refractivity (Wildman–Crippen MR) is 106 cm³/mol. The van der Waals surface area contributed by atoms with E-state index in [0.29, 0.717) is 5.56 Å². The molecule has 1 N–H and O–H groups in total. The highest BCUT2D eigenvalue weighted by Crippen LogP contribution is 2.40. The van der Waals surface area contributed by atoms with E-state index >= 15 is 0 Å². The minimum atomic E-state index is -1.29. The fraction of sp³-hybridized carbons (Fsp3) is 0.524. The molecular formula is C21H26O11. The quantitative estimate of drug-likeness (QED) is 0.469. The van der Waals surface area contributed by atoms with Crippen molar-refractivity contribution in [2.75, 3.05) is 13.7 Å². The van der Waals surface area contributed by atoms with Crippen LogP contribution in [0.4, 0.5) is 0 Å². The lowest BCUT2D eigenvalue weighted by Gasteiger charge is -2.44. The highest BCUT2D eigenvalue weighted by Gasteiger charge is 2.52. The molecule has 5 atom stereocenters. The number of methoxy groups -OCH3 is 1. The molecule has 0 aromatic heterocycles. The van der Waals surface area contributed by atoms with Crippen molar-refractivity contribution in [3.63, 3.8) is 0 Å². The molecule has 0 spiro atoms. The van der Waals surface area contributed by atoms with Gasteiger partial charge in [-0.05, 0) is 17.7 Å². The van der Waals surface area contributed by atoms with Gasteiger partial charge in [-0.15, -0.1) is 0 Å². The molecule has 0 unspecified atom stereocenters. The molecule has 2 rings (SSSR count). The van der Waals surface area contributed by atoms with Crippen molar-refractivity contribution in [3.8, 4) is 11.5 Å². The van der Waals surface area contributed by atoms with Crippen molar-refractivity contribution >= 4 is 23.9 Å². The first kappa shape index (κ1) is 24.9. The first-order valence-corrected chi connectivity index (χ1v) is 9.70. The van der Waals surface area contributed by atoms with Gasteiger partial charge in [-0.25, -0.2) is 0 Å². The van der Waals surface area contributed by atoms with Crippen LogP contribution in [-0.2, 0) is 42.9 Å². The fourth-order valence-electron chi connectivity index (χ4n) is 3.38. The summed E-state index contributed by atoms with van der Waals surface area (Å²) in [6, 6.07) is 4.36. The number of aromatic hydroxyl groups is 1. The van der Waals surface area contributed by atoms with Gasteiger partial charge in [0.2, 0.25) is 0 Å². The van der Waals surface area contributed by atoms with Crippen LogP contribution in [-0.4, -0.2) is 67.1 Å². The zero-order chi connectivity index (χ0) is 24.0. The summed E-state index contributed by atoms with van der Waals surface area (Å²) in [5.41, 5.74) is 0.348. The highest BCUT2D eigenvalue weighted by atomic mass is 16.7. The van der Waals surface area contributed by atoms with Gasteiger partial charge in [-0.1, -0.05) is 6.07 Å². The van der Waals surface area contributed by atoms with Crippen LogP contribution in [0.5, 0.6) is 11.5 Å². The summed E-state index contributed by atoms with van der Waals surface area (Å²) in [4.78, 5) is 46.8. The minimum absolute atomic E-state index is 0.194. The van der Waals surface area contributed by atoms with Gasteiger partial charge in [-0.2, -0.15) is 0 Å². The molecule has 0 radical (unpaired) electrons. The summed E-state index contributed by atoms with van der Waals surface area (Å²) in [6.45, 7) is 4.28. The normalized spacial score (nSPS) is 24.7. The second-order valence-electron chi connectivity index (χ2n) is 7.05. The summed E-state index contributed by atoms with van der Waals surface area (Å²) < 4.78 is 32.2. The molecule has 11 heteroatoms. The number of hydrogen-bond acceptors (Lipinski definition) is 11. The smallest absolute Gasteiger partial charge is 0.303 e. The van der Waals surface area contributed by atoms with Crippen molar-refractivity contribution in [2.24, 2.45) is 0 Å². The molecule has 11 nitrogen and oxygen atoms in total. The number of esters is 4. The van der Waals surface area contributed by atoms with Crippen LogP contribution in [0.2, 0.25) is 0 Å². The van der Waals surface area contributed by atoms with Crippen molar-refractivity contribution in [1.82, 2.24) is 0 Å². The molecule has 1 fully saturated rings. The molecule has 0 saturated carbocycles. The number of phenols is 1. The number of ether oxygens (including phenoxy) is 6. The van der Waals surface area contributed by atoms with Gasteiger partial charge in [0.25, 0.3) is 0 Å². The van der Waals surface area contributed by atoms with E-state index in [1.165, 1.54) is 26.2 Å². The molecule has 1 saturated heterocycles. The molecule has 1 aromatic rings. The van der Waals surface area contributed by atoms with E-state index in [2.05, 4.69) is 0 Å². The second kappa shape index (κ2) is 10.8. The summed E-state index contributed by atoms with van der Waals surface area (Å²) >= 11 is 0. The largest absolute Gasteiger partial charge is 0.504 e. The van der Waals surface area contributed by atoms with E-state index in [0.717, 1.165) is 20.8 Å². The average Bonchev–Trinajstić information content (AvgIpc) is 2.68. The third-order valence-electron chi connectivity index (χ3n) is 4.52. The van der Waals surface area contributed by atoms with Crippen LogP contribution in [0.15, 0.2) is 18.2 Å². The van der Waals surface area contributed by atoms with Crippen LogP contribution in [0.1, 0.15) is 39.4 Å². The molecule has 1 heterocycles. The van der Waals surface area contributed by atoms with E-state index < -0.39 is 54.4 Å². The van der Waals surface area contributed by atoms with Gasteiger partial charge in [0, 0.05) is 27.7 Å². The molecular weight excluding hydrogens is 428 g/mol. The Bertz CT molecular complexity index is 865. The van der Waals surface area contributed by atoms with Crippen LogP contribution in [0.25, 0.3) is 0 Å². The monoisotopic (exact) mass is 454 g/mol. The first-order valence-electron chi connectivity index (χ1n) is 9.70. The summed E-state index contributed by atoms with van der Waals surface area (Å²) in [5, 5.41) is 10.2. The zero-order valence-corrected chi connectivity index (χ0v) is 18.4. The Labute approximate surface area is 184 Å². The Balaban J connectivity index is 2.56. The van der Waals surface area contributed by atoms with Gasteiger partial charge in [0.1, 0.15) is 18.8 Å². The molecule has 1 aliphatic heterocycles. The van der Waals surface area contributed by atoms with E-state index in [9.17, 15) is 24.3 Å². The third kappa shape index (κ3) is 6.33. The molecule has 1 aliphatic rings. The number of hydrogen-bond donors (Lipinski definition) is 1. The van der Waals surface area contributed by atoms with Gasteiger partial charge < -0.3 is 33.5 Å². The Kier molecular flexibility index (Phi) is 8.41. The highest BCUT2D eigenvalue weighted by molar-refractivity contribution is 5.69. The molecule has 32 heavy (non-hydrogen) atoms. The van der Waals surface area contributed by atoms with E-state index in [1.807, 2.05) is 0 Å². The number of benzene rings is 1. The van der Waals surface area contributed by atoms with Gasteiger partial charge >= 0.3 is 23.9 Å². The van der Waals surface area contributed by atoms with Crippen LogP contribution >= 0.6 is 0 Å². The van der Waals surface area contributed by atoms with Crippen molar-refractivity contribution in [2.45, 2.75) is 58.2 Å². The van der Waals surface area contributed by atoms with E-state index in [-0.39, 0.29) is 18.1 Å². The second-order valence-corrected chi connectivity index (χ2v) is 7.05. The molecule has 0 aliphatic carbocycles. The number of carbonyl (C=O) groups is 4. The molecule has 0 amide bonds. The van der Waals surface area contributed by atoms with E-state index in [4.69, 9.17) is 28.4 Å². The predicted octanol–water partition coefficient (Wildman–Crippen LogP) is 1.20. The number of phenolic OH excluding ortho intramolecular Hbond substituents is 1. The zero-order valence-electron chi connectivity index (χ0n) is 18.4. The van der Waals surface area contributed by atoms with Crippen LogP contribution < -0.4 is 4.74 Å². The molecule has 176 valence electrons. The first-order chi connectivity index (χ1) is 15.0. The van der Waals surface area contributed by atoms with E-state index in [1.54, 1.807) is 6.07 Å². The molecule has 0 bridgehead atoms. The maximum Gasteiger partial charge on any atom is 0.303 e. The van der Waals surface area contributed by atoms with Gasteiger partial charge in [0.05, 0.1) is 7.11 Å². The maximum absolute atomic E-state index is 11.8. The van der Waals surface area contributed by atoms with Crippen molar-refractivity contribution < 1.29 is 52.7 Å². The SMILES string of the molecule is COc1ccc([C@H]2O[C@H](COC(C)=O)[C@@H](OC(C)=O)[C@H](OC(C)=O)[C@@H]2OC(C)=O)cc1O. The van der Waals surface area contributed by atoms with Crippen molar-refractivity contribution in [3.05, 3.63) is 23.8 Å². The summed E-state index contributed by atoms with van der Waals surface area (Å²) in [6.07, 6.45) is -5.94. The van der Waals surface area contributed by atoms with Gasteiger partial charge in [0.15, 0.2) is 29.8 Å². The third-order valence-corrected chi connectivity index (χ3v) is 4.52. The summed E-state index contributed by atoms with van der Waals surface area (Å²) in [5.74, 6) is -2.78. The lowest BCUT2D eigenvalue weighted by atomic mass is 9.90. The Morgan fingerprint density at radius 1 is 0.875 bits per heavy atom. The Hall–Kier alpha value is -3.34. The summed E-state index contributed by atoms with van der Waals surface area (Å²) in [7, 11) is 1.38. The number of rotatable bonds is 7. The van der Waals surface area contributed by atoms with Gasteiger partial charge in [-0.3, -0.25) is 19.2 Å². The minimum Gasteiger partial charge on any atom is -0.504 e. The fourth-order valence-corrected chi connectivity index (χ4v) is 3.38. The van der Waals surface area contributed by atoms with Crippen LogP contribution in [0, 0.1) is 0 Å². The number of carbonyl (C=O) groups excluding carboxylic acids is 4. The van der Waals surface area contributed by atoms with Crippen LogP contribution in [0.3, 0.4) is 0 Å². The van der Waals surface area contributed by atoms with Crippen molar-refractivity contribution in [1.29, 1.82) is 0 Å². The Morgan fingerprint density at radius 3 is 1.94 bits per heavy atom. The Morgan fingerprint density at radius 2 is 1.44 bits per heavy atom. The molecule has 1 aromatic carbocycles. The lowest BCUT2D eigenvalue weighted by Crippen LogP contribution is -2.59. The standard InChI is InChI=1S/C21H26O11/c1-10(22)28-9-17-19(29-11(2)23)21(31-13(4)25)20(30-12(3)24)18(32-17)14-6-7-16(27-5)15(26)8-14/h6-8,17-21,26H,9H2,1-5H3/t17-,18-,19-,20-,21+/m1/s1.